The largest absolute Gasteiger partial charge is 0.469 e. The van der Waals surface area contributed by atoms with E-state index in [2.05, 4.69) is 42.3 Å². The number of ether oxygens (including phenoxy) is 2. The topological polar surface area (TPSA) is 51.7 Å². The predicted octanol–water partition coefficient (Wildman–Crippen LogP) is 3.08. The highest BCUT2D eigenvalue weighted by Crippen LogP contribution is 2.29. The van der Waals surface area contributed by atoms with Crippen molar-refractivity contribution in [3.05, 3.63) is 10.0 Å². The van der Waals surface area contributed by atoms with Crippen LogP contribution in [0.1, 0.15) is 37.4 Å². The van der Waals surface area contributed by atoms with Gasteiger partial charge in [0.15, 0.2) is 10.0 Å². The summed E-state index contributed by atoms with van der Waals surface area (Å²) < 4.78 is 10.2. The number of aromatic nitrogens is 1. The van der Waals surface area contributed by atoms with Gasteiger partial charge in [0.2, 0.25) is 0 Å². The van der Waals surface area contributed by atoms with E-state index in [1.54, 1.807) is 0 Å². The highest BCUT2D eigenvalue weighted by atomic mass is 35.5. The second kappa shape index (κ2) is 7.81. The first kappa shape index (κ1) is 17.2. The third kappa shape index (κ3) is 4.61. The predicted molar refractivity (Wildman–Crippen MR) is 80.9 cm³/mol. The van der Waals surface area contributed by atoms with E-state index in [4.69, 9.17) is 16.3 Å². The Labute approximate surface area is 128 Å². The van der Waals surface area contributed by atoms with Crippen LogP contribution in [0.4, 0.5) is 0 Å². The minimum Gasteiger partial charge on any atom is -0.469 e. The fourth-order valence-electron chi connectivity index (χ4n) is 1.91. The van der Waals surface area contributed by atoms with Crippen molar-refractivity contribution in [2.75, 3.05) is 20.3 Å². The van der Waals surface area contributed by atoms with Crippen LogP contribution in [0.5, 0.6) is 5.19 Å². The number of methoxy groups -OCH3 is 1. The lowest BCUT2D eigenvalue weighted by Crippen LogP contribution is -2.39. The Bertz CT molecular complexity index is 441. The molecule has 0 atom stereocenters. The fraction of sp³-hybridized carbons (Fsp3) is 0.692. The van der Waals surface area contributed by atoms with Crippen molar-refractivity contribution in [2.24, 2.45) is 0 Å². The van der Waals surface area contributed by atoms with Crippen LogP contribution in [0.3, 0.4) is 0 Å². The monoisotopic (exact) mass is 320 g/mol. The molecule has 0 aliphatic rings. The average molecular weight is 321 g/mol. The molecule has 0 unspecified atom stereocenters. The van der Waals surface area contributed by atoms with Crippen molar-refractivity contribution in [1.29, 1.82) is 0 Å². The molecule has 0 saturated heterocycles. The van der Waals surface area contributed by atoms with Gasteiger partial charge in [0, 0.05) is 18.6 Å². The van der Waals surface area contributed by atoms with Crippen LogP contribution >= 0.6 is 22.9 Å². The molecule has 0 bridgehead atoms. The van der Waals surface area contributed by atoms with Crippen molar-refractivity contribution in [2.45, 2.75) is 39.8 Å². The lowest BCUT2D eigenvalue weighted by Gasteiger charge is -2.30. The Balaban J connectivity index is 2.56. The van der Waals surface area contributed by atoms with Gasteiger partial charge < -0.3 is 9.47 Å². The Morgan fingerprint density at radius 2 is 1.95 bits per heavy atom. The summed E-state index contributed by atoms with van der Waals surface area (Å²) in [6, 6.07) is 0.897. The molecule has 0 spiro atoms. The molecule has 0 amide bonds. The minimum absolute atomic E-state index is 0.126. The second-order valence-electron chi connectivity index (χ2n) is 4.87. The molecule has 0 fully saturated rings. The van der Waals surface area contributed by atoms with Gasteiger partial charge in [-0.15, -0.1) is 0 Å². The van der Waals surface area contributed by atoms with Crippen LogP contribution in [0, 0.1) is 0 Å². The average Bonchev–Trinajstić information content (AvgIpc) is 2.74. The second-order valence-corrected chi connectivity index (χ2v) is 6.18. The summed E-state index contributed by atoms with van der Waals surface area (Å²) in [5, 5.41) is 0.518. The summed E-state index contributed by atoms with van der Waals surface area (Å²) >= 11 is 6.97. The highest BCUT2D eigenvalue weighted by Gasteiger charge is 2.19. The molecular weight excluding hydrogens is 300 g/mol. The maximum atomic E-state index is 11.4. The Morgan fingerprint density at radius 1 is 1.35 bits per heavy atom. The summed E-state index contributed by atoms with van der Waals surface area (Å²) in [7, 11) is 1.31. The maximum Gasteiger partial charge on any atom is 0.351 e. The molecule has 0 radical (unpaired) electrons. The number of halogens is 1. The van der Waals surface area contributed by atoms with Crippen LogP contribution in [0.2, 0.25) is 5.15 Å². The zero-order valence-corrected chi connectivity index (χ0v) is 14.0. The number of hydrogen-bond donors (Lipinski definition) is 0. The van der Waals surface area contributed by atoms with Crippen molar-refractivity contribution in [3.8, 4) is 5.19 Å². The van der Waals surface area contributed by atoms with Crippen LogP contribution in [-0.4, -0.2) is 48.2 Å². The van der Waals surface area contributed by atoms with Gasteiger partial charge in [0.25, 0.3) is 5.19 Å². The van der Waals surface area contributed by atoms with E-state index < -0.39 is 5.97 Å². The molecule has 20 heavy (non-hydrogen) atoms. The van der Waals surface area contributed by atoms with Gasteiger partial charge in [0.05, 0.1) is 7.11 Å². The number of nitrogens with zero attached hydrogens (tertiary/aromatic N) is 2. The minimum atomic E-state index is -0.492. The summed E-state index contributed by atoms with van der Waals surface area (Å²) in [6.07, 6.45) is 0. The lowest BCUT2D eigenvalue weighted by atomic mass is 10.2. The van der Waals surface area contributed by atoms with E-state index in [-0.39, 0.29) is 10.0 Å². The molecule has 1 rings (SSSR count). The van der Waals surface area contributed by atoms with E-state index in [1.165, 1.54) is 7.11 Å². The molecule has 1 heterocycles. The maximum absolute atomic E-state index is 11.4. The molecule has 0 aliphatic carbocycles. The third-order valence-corrected chi connectivity index (χ3v) is 4.17. The SMILES string of the molecule is COC(=O)c1sc(OCCN(C(C)C)C(C)C)nc1Cl. The van der Waals surface area contributed by atoms with E-state index in [0.717, 1.165) is 17.9 Å². The zero-order valence-electron chi connectivity index (χ0n) is 12.5. The first-order chi connectivity index (χ1) is 9.36. The summed E-state index contributed by atoms with van der Waals surface area (Å²) in [5.41, 5.74) is 0. The van der Waals surface area contributed by atoms with Crippen LogP contribution in [0.25, 0.3) is 0 Å². The van der Waals surface area contributed by atoms with Gasteiger partial charge in [-0.25, -0.2) is 4.79 Å². The van der Waals surface area contributed by atoms with Crippen molar-refractivity contribution in [1.82, 2.24) is 9.88 Å². The normalized spacial score (nSPS) is 11.4. The van der Waals surface area contributed by atoms with Gasteiger partial charge in [0.1, 0.15) is 6.61 Å². The van der Waals surface area contributed by atoms with Gasteiger partial charge in [-0.1, -0.05) is 22.9 Å². The molecule has 0 aromatic carbocycles. The van der Waals surface area contributed by atoms with Crippen LogP contribution < -0.4 is 4.74 Å². The van der Waals surface area contributed by atoms with Crippen molar-refractivity contribution >= 4 is 28.9 Å². The molecule has 5 nitrogen and oxygen atoms in total. The van der Waals surface area contributed by atoms with Crippen molar-refractivity contribution in [3.63, 3.8) is 0 Å². The van der Waals surface area contributed by atoms with Gasteiger partial charge >= 0.3 is 5.97 Å². The Morgan fingerprint density at radius 3 is 2.45 bits per heavy atom. The molecule has 114 valence electrons. The van der Waals surface area contributed by atoms with Gasteiger partial charge in [-0.05, 0) is 27.7 Å². The van der Waals surface area contributed by atoms with Crippen LogP contribution in [-0.2, 0) is 4.74 Å². The highest BCUT2D eigenvalue weighted by molar-refractivity contribution is 7.15. The molecule has 1 aromatic rings. The standard InChI is InChI=1S/C13H21ClN2O3S/c1-8(2)16(9(3)4)6-7-19-13-15-11(14)10(20-13)12(17)18-5/h8-9H,6-7H2,1-5H3. The van der Waals surface area contributed by atoms with Crippen molar-refractivity contribution < 1.29 is 14.3 Å². The molecule has 1 aromatic heterocycles. The first-order valence-electron chi connectivity index (χ1n) is 6.50. The smallest absolute Gasteiger partial charge is 0.351 e. The molecule has 0 N–H and O–H groups in total. The van der Waals surface area contributed by atoms with E-state index >= 15 is 0 Å². The Kier molecular flexibility index (Phi) is 6.71. The fourth-order valence-corrected chi connectivity index (χ4v) is 2.98. The number of carbonyl (C=O) groups is 1. The lowest BCUT2D eigenvalue weighted by molar-refractivity contribution is 0.0606. The number of carbonyl (C=O) groups excluding carboxylic acids is 1. The van der Waals surface area contributed by atoms with E-state index in [1.807, 2.05) is 0 Å². The molecule has 0 aliphatic heterocycles. The molecule has 7 heteroatoms. The third-order valence-electron chi connectivity index (χ3n) is 2.84. The number of thiazole rings is 1. The van der Waals surface area contributed by atoms with E-state index in [0.29, 0.717) is 23.9 Å². The first-order valence-corrected chi connectivity index (χ1v) is 7.69. The molecular formula is C13H21ClN2O3S. The zero-order chi connectivity index (χ0) is 15.3. The number of rotatable bonds is 7. The number of hydrogen-bond acceptors (Lipinski definition) is 6. The summed E-state index contributed by atoms with van der Waals surface area (Å²) in [5.74, 6) is -0.492. The van der Waals surface area contributed by atoms with E-state index in [9.17, 15) is 4.79 Å². The van der Waals surface area contributed by atoms with Gasteiger partial charge in [-0.3, -0.25) is 4.90 Å². The summed E-state index contributed by atoms with van der Waals surface area (Å²) in [4.78, 5) is 18.0. The van der Waals surface area contributed by atoms with Crippen LogP contribution in [0.15, 0.2) is 0 Å². The Hall–Kier alpha value is -0.850. The summed E-state index contributed by atoms with van der Waals surface area (Å²) in [6.45, 7) is 9.89. The number of esters is 1. The van der Waals surface area contributed by atoms with Gasteiger partial charge in [-0.2, -0.15) is 4.98 Å². The quantitative estimate of drug-likeness (QED) is 0.723. The molecule has 0 saturated carbocycles.